The van der Waals surface area contributed by atoms with Crippen molar-refractivity contribution >= 4 is 28.3 Å². The Hall–Kier alpha value is -3.38. The van der Waals surface area contributed by atoms with Crippen molar-refractivity contribution in [2.24, 2.45) is 0 Å². The molecule has 0 aliphatic heterocycles. The standard InChI is InChI=1S/C22H18ClN3O3/c1-14(28-19-8-4-6-15-5-2-3-7-18(15)19)22(27)24-13-20-25-21(26-29-20)16-9-11-17(23)12-10-16/h2-12,14H,13H2,1H3,(H,24,27)/t14-/m1/s1. The summed E-state index contributed by atoms with van der Waals surface area (Å²) < 4.78 is 11.1. The minimum Gasteiger partial charge on any atom is -0.480 e. The van der Waals surface area contributed by atoms with E-state index in [9.17, 15) is 4.79 Å². The molecule has 1 aromatic heterocycles. The van der Waals surface area contributed by atoms with Crippen LogP contribution in [0.2, 0.25) is 5.02 Å². The number of nitrogens with zero attached hydrogens (tertiary/aromatic N) is 2. The van der Waals surface area contributed by atoms with E-state index < -0.39 is 6.10 Å². The third-order valence-corrected chi connectivity index (χ3v) is 4.66. The second-order valence-electron chi connectivity index (χ2n) is 6.47. The van der Waals surface area contributed by atoms with E-state index in [1.807, 2.05) is 42.5 Å². The number of ether oxygens (including phenoxy) is 1. The molecule has 0 fully saturated rings. The first-order valence-electron chi connectivity index (χ1n) is 9.11. The van der Waals surface area contributed by atoms with E-state index in [0.29, 0.717) is 22.5 Å². The van der Waals surface area contributed by atoms with Crippen LogP contribution in [-0.4, -0.2) is 22.2 Å². The molecular formula is C22H18ClN3O3. The van der Waals surface area contributed by atoms with E-state index in [1.165, 1.54) is 0 Å². The lowest BCUT2D eigenvalue weighted by Gasteiger charge is -2.15. The summed E-state index contributed by atoms with van der Waals surface area (Å²) in [6.45, 7) is 1.81. The predicted molar refractivity (Wildman–Crippen MR) is 111 cm³/mol. The number of carbonyl (C=O) groups excluding carboxylic acids is 1. The fourth-order valence-corrected chi connectivity index (χ4v) is 3.02. The number of amides is 1. The van der Waals surface area contributed by atoms with E-state index in [0.717, 1.165) is 16.3 Å². The van der Waals surface area contributed by atoms with Gasteiger partial charge in [0.1, 0.15) is 5.75 Å². The summed E-state index contributed by atoms with van der Waals surface area (Å²) in [5, 5.41) is 9.33. The fraction of sp³-hybridized carbons (Fsp3) is 0.136. The van der Waals surface area contributed by atoms with Crippen LogP contribution in [0.25, 0.3) is 22.2 Å². The van der Waals surface area contributed by atoms with Gasteiger partial charge in [-0.05, 0) is 42.6 Å². The highest BCUT2D eigenvalue weighted by Gasteiger charge is 2.17. The summed E-state index contributed by atoms with van der Waals surface area (Å²) >= 11 is 5.89. The zero-order chi connectivity index (χ0) is 20.2. The Labute approximate surface area is 172 Å². The van der Waals surface area contributed by atoms with Gasteiger partial charge in [-0.25, -0.2) is 0 Å². The molecule has 0 radical (unpaired) electrons. The van der Waals surface area contributed by atoms with Gasteiger partial charge >= 0.3 is 0 Å². The van der Waals surface area contributed by atoms with Gasteiger partial charge in [0.15, 0.2) is 6.10 Å². The molecule has 1 amide bonds. The first-order valence-corrected chi connectivity index (χ1v) is 9.48. The molecule has 0 bridgehead atoms. The normalized spacial score (nSPS) is 11.9. The molecular weight excluding hydrogens is 390 g/mol. The molecule has 1 atom stereocenters. The average Bonchev–Trinajstić information content (AvgIpc) is 3.22. The Morgan fingerprint density at radius 3 is 2.69 bits per heavy atom. The van der Waals surface area contributed by atoms with Crippen molar-refractivity contribution in [2.45, 2.75) is 19.6 Å². The lowest BCUT2D eigenvalue weighted by Crippen LogP contribution is -2.36. The highest BCUT2D eigenvalue weighted by molar-refractivity contribution is 6.30. The highest BCUT2D eigenvalue weighted by atomic mass is 35.5. The number of fused-ring (bicyclic) bond motifs is 1. The van der Waals surface area contributed by atoms with Gasteiger partial charge in [0.2, 0.25) is 11.7 Å². The zero-order valence-electron chi connectivity index (χ0n) is 15.6. The van der Waals surface area contributed by atoms with Gasteiger partial charge in [-0.3, -0.25) is 4.79 Å². The number of rotatable bonds is 6. The van der Waals surface area contributed by atoms with Gasteiger partial charge < -0.3 is 14.6 Å². The van der Waals surface area contributed by atoms with E-state index in [1.54, 1.807) is 31.2 Å². The van der Waals surface area contributed by atoms with Crippen molar-refractivity contribution in [3.8, 4) is 17.1 Å². The molecule has 0 unspecified atom stereocenters. The summed E-state index contributed by atoms with van der Waals surface area (Å²) in [5.74, 6) is 1.13. The number of aromatic nitrogens is 2. The van der Waals surface area contributed by atoms with Crippen LogP contribution in [0.5, 0.6) is 5.75 Å². The van der Waals surface area contributed by atoms with Crippen LogP contribution in [0.4, 0.5) is 0 Å². The maximum Gasteiger partial charge on any atom is 0.261 e. The Balaban J connectivity index is 1.37. The first-order chi connectivity index (χ1) is 14.1. The molecule has 0 saturated heterocycles. The second-order valence-corrected chi connectivity index (χ2v) is 6.91. The fourth-order valence-electron chi connectivity index (χ4n) is 2.89. The minimum absolute atomic E-state index is 0.114. The SMILES string of the molecule is C[C@@H](Oc1cccc2ccccc12)C(=O)NCc1nc(-c2ccc(Cl)cc2)no1. The van der Waals surface area contributed by atoms with Crippen molar-refractivity contribution in [2.75, 3.05) is 0 Å². The molecule has 4 rings (SSSR count). The van der Waals surface area contributed by atoms with Crippen LogP contribution in [0.3, 0.4) is 0 Å². The zero-order valence-corrected chi connectivity index (χ0v) is 16.4. The number of hydrogen-bond donors (Lipinski definition) is 1. The van der Waals surface area contributed by atoms with E-state index in [2.05, 4.69) is 15.5 Å². The van der Waals surface area contributed by atoms with E-state index in [4.69, 9.17) is 20.9 Å². The van der Waals surface area contributed by atoms with Crippen molar-refractivity contribution < 1.29 is 14.1 Å². The minimum atomic E-state index is -0.681. The summed E-state index contributed by atoms with van der Waals surface area (Å²) in [6.07, 6.45) is -0.681. The van der Waals surface area contributed by atoms with Crippen molar-refractivity contribution in [3.05, 3.63) is 77.6 Å². The molecule has 6 nitrogen and oxygen atoms in total. The van der Waals surface area contributed by atoms with Gasteiger partial charge in [0.05, 0.1) is 6.54 Å². The molecule has 3 aromatic carbocycles. The van der Waals surface area contributed by atoms with Crippen molar-refractivity contribution in [3.63, 3.8) is 0 Å². The smallest absolute Gasteiger partial charge is 0.261 e. The van der Waals surface area contributed by atoms with Crippen LogP contribution in [0.15, 0.2) is 71.3 Å². The van der Waals surface area contributed by atoms with Gasteiger partial charge in [0.25, 0.3) is 5.91 Å². The summed E-state index contributed by atoms with van der Waals surface area (Å²) in [6, 6.07) is 20.7. The quantitative estimate of drug-likeness (QED) is 0.504. The first kappa shape index (κ1) is 19.0. The van der Waals surface area contributed by atoms with Crippen LogP contribution in [0, 0.1) is 0 Å². The van der Waals surface area contributed by atoms with Crippen molar-refractivity contribution in [1.29, 1.82) is 0 Å². The molecule has 1 N–H and O–H groups in total. The lowest BCUT2D eigenvalue weighted by atomic mass is 10.1. The summed E-state index contributed by atoms with van der Waals surface area (Å²) in [4.78, 5) is 16.7. The largest absolute Gasteiger partial charge is 0.480 e. The Morgan fingerprint density at radius 2 is 1.86 bits per heavy atom. The summed E-state index contributed by atoms with van der Waals surface area (Å²) in [7, 11) is 0. The third kappa shape index (κ3) is 4.38. The van der Waals surface area contributed by atoms with E-state index in [-0.39, 0.29) is 12.5 Å². The maximum absolute atomic E-state index is 12.4. The average molecular weight is 408 g/mol. The number of carbonyl (C=O) groups is 1. The van der Waals surface area contributed by atoms with Crippen molar-refractivity contribution in [1.82, 2.24) is 15.5 Å². The monoisotopic (exact) mass is 407 g/mol. The van der Waals surface area contributed by atoms with Gasteiger partial charge in [0, 0.05) is 16.0 Å². The van der Waals surface area contributed by atoms with Crippen LogP contribution in [-0.2, 0) is 11.3 Å². The van der Waals surface area contributed by atoms with Crippen LogP contribution < -0.4 is 10.1 Å². The number of hydrogen-bond acceptors (Lipinski definition) is 5. The maximum atomic E-state index is 12.4. The number of benzene rings is 3. The molecule has 29 heavy (non-hydrogen) atoms. The van der Waals surface area contributed by atoms with Gasteiger partial charge in [-0.15, -0.1) is 0 Å². The highest BCUT2D eigenvalue weighted by Crippen LogP contribution is 2.26. The molecule has 0 aliphatic rings. The molecule has 0 spiro atoms. The van der Waals surface area contributed by atoms with Crippen LogP contribution >= 0.6 is 11.6 Å². The topological polar surface area (TPSA) is 77.2 Å². The molecule has 7 heteroatoms. The van der Waals surface area contributed by atoms with Gasteiger partial charge in [-0.2, -0.15) is 4.98 Å². The molecule has 4 aromatic rings. The summed E-state index contributed by atoms with van der Waals surface area (Å²) in [5.41, 5.74) is 0.781. The van der Waals surface area contributed by atoms with E-state index >= 15 is 0 Å². The van der Waals surface area contributed by atoms with Gasteiger partial charge in [-0.1, -0.05) is 53.2 Å². The molecule has 0 aliphatic carbocycles. The number of nitrogens with one attached hydrogen (secondary N) is 1. The Bertz CT molecular complexity index is 1140. The Morgan fingerprint density at radius 1 is 1.10 bits per heavy atom. The lowest BCUT2D eigenvalue weighted by molar-refractivity contribution is -0.127. The predicted octanol–water partition coefficient (Wildman–Crippen LogP) is 4.63. The number of halogens is 1. The third-order valence-electron chi connectivity index (χ3n) is 4.41. The molecule has 0 saturated carbocycles. The molecule has 1 heterocycles. The van der Waals surface area contributed by atoms with Crippen LogP contribution in [0.1, 0.15) is 12.8 Å². The second kappa shape index (κ2) is 8.32. The Kier molecular flexibility index (Phi) is 5.44. The molecule has 146 valence electrons.